The molecule has 5 nitrogen and oxygen atoms in total. The summed E-state index contributed by atoms with van der Waals surface area (Å²) in [4.78, 5) is 0. The SMILES string of the molecule is CCOc1ccccc1OCCC1(CN)CCS(=O)(=O)C1. The minimum Gasteiger partial charge on any atom is -0.490 e. The van der Waals surface area contributed by atoms with E-state index in [1.165, 1.54) is 0 Å². The summed E-state index contributed by atoms with van der Waals surface area (Å²) in [7, 11) is -2.94. The predicted molar refractivity (Wildman–Crippen MR) is 82.5 cm³/mol. The van der Waals surface area contributed by atoms with E-state index in [1.807, 2.05) is 31.2 Å². The molecule has 1 heterocycles. The average Bonchev–Trinajstić information content (AvgIpc) is 2.77. The van der Waals surface area contributed by atoms with Gasteiger partial charge in [-0.15, -0.1) is 0 Å². The first kappa shape index (κ1) is 16.1. The first-order valence-electron chi connectivity index (χ1n) is 7.25. The molecule has 1 atom stereocenters. The Morgan fingerprint density at radius 1 is 1.24 bits per heavy atom. The maximum absolute atomic E-state index is 11.7. The highest BCUT2D eigenvalue weighted by Crippen LogP contribution is 2.35. The van der Waals surface area contributed by atoms with E-state index in [-0.39, 0.29) is 16.9 Å². The smallest absolute Gasteiger partial charge is 0.161 e. The third-order valence-corrected chi connectivity index (χ3v) is 5.82. The van der Waals surface area contributed by atoms with E-state index in [4.69, 9.17) is 15.2 Å². The lowest BCUT2D eigenvalue weighted by Gasteiger charge is -2.25. The van der Waals surface area contributed by atoms with Gasteiger partial charge in [-0.2, -0.15) is 0 Å². The third-order valence-electron chi connectivity index (χ3n) is 3.94. The van der Waals surface area contributed by atoms with Gasteiger partial charge in [0.2, 0.25) is 0 Å². The van der Waals surface area contributed by atoms with E-state index >= 15 is 0 Å². The van der Waals surface area contributed by atoms with Crippen LogP contribution in [0, 0.1) is 5.41 Å². The fourth-order valence-corrected chi connectivity index (χ4v) is 4.89. The number of rotatable bonds is 7. The first-order chi connectivity index (χ1) is 10.0. The Labute approximate surface area is 126 Å². The van der Waals surface area contributed by atoms with Crippen molar-refractivity contribution >= 4 is 9.84 Å². The van der Waals surface area contributed by atoms with E-state index in [0.717, 1.165) is 0 Å². The Morgan fingerprint density at radius 2 is 1.90 bits per heavy atom. The molecule has 1 aromatic carbocycles. The molecule has 2 N–H and O–H groups in total. The molecule has 0 bridgehead atoms. The van der Waals surface area contributed by atoms with Crippen LogP contribution >= 0.6 is 0 Å². The minimum atomic E-state index is -2.94. The zero-order valence-electron chi connectivity index (χ0n) is 12.4. The van der Waals surface area contributed by atoms with E-state index in [0.29, 0.717) is 44.1 Å². The van der Waals surface area contributed by atoms with Gasteiger partial charge in [0, 0.05) is 5.41 Å². The van der Waals surface area contributed by atoms with Crippen LogP contribution in [0.5, 0.6) is 11.5 Å². The van der Waals surface area contributed by atoms with Gasteiger partial charge in [0.1, 0.15) is 0 Å². The molecule has 0 aromatic heterocycles. The number of nitrogens with two attached hydrogens (primary N) is 1. The Morgan fingerprint density at radius 3 is 2.43 bits per heavy atom. The summed E-state index contributed by atoms with van der Waals surface area (Å²) < 4.78 is 34.6. The molecule has 0 saturated carbocycles. The van der Waals surface area contributed by atoms with Gasteiger partial charge in [-0.1, -0.05) is 12.1 Å². The van der Waals surface area contributed by atoms with Crippen molar-refractivity contribution in [1.29, 1.82) is 0 Å². The van der Waals surface area contributed by atoms with Gasteiger partial charge < -0.3 is 15.2 Å². The predicted octanol–water partition coefficient (Wildman–Crippen LogP) is 1.62. The number of sulfone groups is 1. The van der Waals surface area contributed by atoms with Crippen molar-refractivity contribution in [3.05, 3.63) is 24.3 Å². The topological polar surface area (TPSA) is 78.6 Å². The van der Waals surface area contributed by atoms with E-state index in [9.17, 15) is 8.42 Å². The molecular formula is C15H23NO4S. The summed E-state index contributed by atoms with van der Waals surface area (Å²) in [6.45, 7) is 3.31. The molecule has 1 aliphatic heterocycles. The van der Waals surface area contributed by atoms with Crippen molar-refractivity contribution in [3.8, 4) is 11.5 Å². The molecule has 118 valence electrons. The van der Waals surface area contributed by atoms with Crippen LogP contribution in [-0.2, 0) is 9.84 Å². The summed E-state index contributed by atoms with van der Waals surface area (Å²) in [6.07, 6.45) is 1.27. The standard InChI is InChI=1S/C15H23NO4S/c1-2-19-13-5-3-4-6-14(13)20-9-7-15(11-16)8-10-21(17,18)12-15/h3-6H,2,7-12,16H2,1H3. The van der Waals surface area contributed by atoms with Gasteiger partial charge in [0.05, 0.1) is 24.7 Å². The molecule has 0 amide bonds. The Bertz CT molecular complexity index is 573. The number of benzene rings is 1. The highest BCUT2D eigenvalue weighted by atomic mass is 32.2. The van der Waals surface area contributed by atoms with Crippen LogP contribution < -0.4 is 15.2 Å². The van der Waals surface area contributed by atoms with Gasteiger partial charge >= 0.3 is 0 Å². The summed E-state index contributed by atoms with van der Waals surface area (Å²) in [5.41, 5.74) is 5.47. The van der Waals surface area contributed by atoms with Crippen molar-refractivity contribution in [3.63, 3.8) is 0 Å². The average molecular weight is 313 g/mol. The highest BCUT2D eigenvalue weighted by Gasteiger charge is 2.40. The molecule has 1 aliphatic rings. The summed E-state index contributed by atoms with van der Waals surface area (Å²) in [5, 5.41) is 0. The monoisotopic (exact) mass is 313 g/mol. The Hall–Kier alpha value is -1.27. The lowest BCUT2D eigenvalue weighted by molar-refractivity contribution is 0.213. The molecule has 1 fully saturated rings. The number of hydrogen-bond acceptors (Lipinski definition) is 5. The molecule has 0 aliphatic carbocycles. The second-order valence-corrected chi connectivity index (χ2v) is 7.71. The molecule has 1 aromatic rings. The van der Waals surface area contributed by atoms with Crippen LogP contribution in [0.1, 0.15) is 19.8 Å². The minimum absolute atomic E-state index is 0.174. The first-order valence-corrected chi connectivity index (χ1v) is 9.07. The van der Waals surface area contributed by atoms with Crippen LogP contribution in [0.25, 0.3) is 0 Å². The molecule has 21 heavy (non-hydrogen) atoms. The molecule has 1 unspecified atom stereocenters. The van der Waals surface area contributed by atoms with Gasteiger partial charge in [0.15, 0.2) is 21.3 Å². The fraction of sp³-hybridized carbons (Fsp3) is 0.600. The lowest BCUT2D eigenvalue weighted by atomic mass is 9.84. The van der Waals surface area contributed by atoms with E-state index in [1.54, 1.807) is 0 Å². The van der Waals surface area contributed by atoms with Gasteiger partial charge in [-0.3, -0.25) is 0 Å². The molecule has 1 saturated heterocycles. The van der Waals surface area contributed by atoms with Gasteiger partial charge in [-0.25, -0.2) is 8.42 Å². The van der Waals surface area contributed by atoms with E-state index in [2.05, 4.69) is 0 Å². The van der Waals surface area contributed by atoms with Crippen LogP contribution in [0.4, 0.5) is 0 Å². The number of para-hydroxylation sites is 2. The van der Waals surface area contributed by atoms with Crippen LogP contribution in [0.2, 0.25) is 0 Å². The third kappa shape index (κ3) is 4.11. The zero-order valence-corrected chi connectivity index (χ0v) is 13.2. The molecule has 0 radical (unpaired) electrons. The van der Waals surface area contributed by atoms with Crippen LogP contribution in [0.3, 0.4) is 0 Å². The molecular weight excluding hydrogens is 290 g/mol. The number of hydrogen-bond donors (Lipinski definition) is 1. The van der Waals surface area contributed by atoms with Gasteiger partial charge in [0.25, 0.3) is 0 Å². The van der Waals surface area contributed by atoms with Crippen molar-refractivity contribution in [2.45, 2.75) is 19.8 Å². The van der Waals surface area contributed by atoms with Gasteiger partial charge in [-0.05, 0) is 38.4 Å². The Kier molecular flexibility index (Phi) is 5.11. The zero-order chi connectivity index (χ0) is 15.3. The quantitative estimate of drug-likeness (QED) is 0.827. The van der Waals surface area contributed by atoms with Crippen molar-refractivity contribution < 1.29 is 17.9 Å². The second-order valence-electron chi connectivity index (χ2n) is 5.52. The summed E-state index contributed by atoms with van der Waals surface area (Å²) >= 11 is 0. The van der Waals surface area contributed by atoms with E-state index < -0.39 is 9.84 Å². The van der Waals surface area contributed by atoms with Crippen LogP contribution in [0.15, 0.2) is 24.3 Å². The second kappa shape index (κ2) is 6.66. The Balaban J connectivity index is 1.95. The largest absolute Gasteiger partial charge is 0.490 e. The maximum atomic E-state index is 11.7. The molecule has 0 spiro atoms. The summed E-state index contributed by atoms with van der Waals surface area (Å²) in [6, 6.07) is 7.49. The fourth-order valence-electron chi connectivity index (χ4n) is 2.66. The molecule has 2 rings (SSSR count). The maximum Gasteiger partial charge on any atom is 0.161 e. The number of ether oxygens (including phenoxy) is 2. The normalized spacial score (nSPS) is 23.9. The van der Waals surface area contributed by atoms with Crippen molar-refractivity contribution in [1.82, 2.24) is 0 Å². The van der Waals surface area contributed by atoms with Crippen LogP contribution in [-0.4, -0.2) is 39.7 Å². The highest BCUT2D eigenvalue weighted by molar-refractivity contribution is 7.91. The van der Waals surface area contributed by atoms with Crippen molar-refractivity contribution in [2.75, 3.05) is 31.3 Å². The van der Waals surface area contributed by atoms with Crippen molar-refractivity contribution in [2.24, 2.45) is 11.1 Å². The summed E-state index contributed by atoms with van der Waals surface area (Å²) in [5.74, 6) is 1.81. The lowest BCUT2D eigenvalue weighted by Crippen LogP contribution is -2.33. The molecule has 6 heteroatoms.